The van der Waals surface area contributed by atoms with Crippen LogP contribution in [0.15, 0.2) is 158 Å². The molecule has 6 aromatic rings. The van der Waals surface area contributed by atoms with E-state index in [9.17, 15) is 0 Å². The summed E-state index contributed by atoms with van der Waals surface area (Å²) in [4.78, 5) is 4.43. The number of pyridine rings is 1. The number of nitrogens with two attached hydrogens (primary N) is 1. The van der Waals surface area contributed by atoms with Gasteiger partial charge >= 0.3 is 27.0 Å². The molecule has 0 saturated carbocycles. The molecule has 0 atom stereocenters. The molecule has 2 nitrogen and oxygen atoms in total. The van der Waals surface area contributed by atoms with E-state index in [1.165, 1.54) is 51.9 Å². The Hall–Kier alpha value is -3.02. The van der Waals surface area contributed by atoms with Gasteiger partial charge in [0.1, 0.15) is 0 Å². The Morgan fingerprint density at radius 2 is 1.00 bits per heavy atom. The van der Waals surface area contributed by atoms with E-state index in [4.69, 9.17) is 5.73 Å². The maximum atomic E-state index is 5.55. The zero-order valence-corrected chi connectivity index (χ0v) is 31.0. The molecule has 1 aromatic heterocycles. The molecule has 0 spiro atoms. The summed E-state index contributed by atoms with van der Waals surface area (Å²) < 4.78 is 0. The molecule has 6 rings (SSSR count). The molecular formula is C41H41ClN2P2Ru. The molecule has 47 heavy (non-hydrogen) atoms. The summed E-state index contributed by atoms with van der Waals surface area (Å²) >= 11 is 1.82. The van der Waals surface area contributed by atoms with E-state index < -0.39 is 0 Å². The molecule has 1 heterocycles. The Bertz CT molecular complexity index is 1530. The van der Waals surface area contributed by atoms with Crippen molar-refractivity contribution >= 4 is 46.8 Å². The van der Waals surface area contributed by atoms with Gasteiger partial charge < -0.3 is 5.73 Å². The zero-order chi connectivity index (χ0) is 33.1. The summed E-state index contributed by atoms with van der Waals surface area (Å²) in [6.07, 6.45) is 5.06. The van der Waals surface area contributed by atoms with Gasteiger partial charge in [0.05, 0.1) is 0 Å². The number of hydrogen-bond donors (Lipinski definition) is 1. The minimum absolute atomic E-state index is 0.283. The van der Waals surface area contributed by atoms with Crippen LogP contribution in [0.5, 0.6) is 0 Å². The van der Waals surface area contributed by atoms with Gasteiger partial charge in [-0.05, 0) is 74.0 Å². The summed E-state index contributed by atoms with van der Waals surface area (Å²) in [6, 6.07) is 59.5. The first-order valence-electron chi connectivity index (χ1n) is 15.7. The molecule has 0 fully saturated rings. The largest absolute Gasteiger partial charge is 0.0622 e. The first kappa shape index (κ1) is 36.8. The normalized spacial score (nSPS) is 10.5. The van der Waals surface area contributed by atoms with E-state index in [-0.39, 0.29) is 15.8 Å². The molecule has 6 heteroatoms. The van der Waals surface area contributed by atoms with Crippen molar-refractivity contribution in [1.29, 1.82) is 0 Å². The molecule has 0 aliphatic rings. The first-order chi connectivity index (χ1) is 23.2. The van der Waals surface area contributed by atoms with Gasteiger partial charge in [0.2, 0.25) is 0 Å². The van der Waals surface area contributed by atoms with Crippen LogP contribution in [-0.2, 0) is 23.9 Å². The second kappa shape index (κ2) is 21.1. The summed E-state index contributed by atoms with van der Waals surface area (Å²) in [5.74, 6) is 0. The van der Waals surface area contributed by atoms with E-state index in [1.807, 2.05) is 54.6 Å². The number of halogens is 1. The summed E-state index contributed by atoms with van der Waals surface area (Å²) in [6.45, 7) is 2.52. The van der Waals surface area contributed by atoms with Crippen LogP contribution in [0, 0.1) is 13.0 Å². The van der Waals surface area contributed by atoms with Gasteiger partial charge in [-0.3, -0.25) is 4.98 Å². The van der Waals surface area contributed by atoms with Gasteiger partial charge in [0.25, 0.3) is 0 Å². The van der Waals surface area contributed by atoms with E-state index in [0.717, 1.165) is 17.0 Å². The molecule has 0 aliphatic carbocycles. The number of rotatable bonds is 11. The first-order valence-corrected chi connectivity index (χ1v) is 21.0. The third-order valence-corrected chi connectivity index (χ3v) is 12.8. The van der Waals surface area contributed by atoms with Crippen LogP contribution >= 0.6 is 25.5 Å². The fourth-order valence-electron chi connectivity index (χ4n) is 5.19. The summed E-state index contributed by atoms with van der Waals surface area (Å²) in [5, 5.41) is 5.97. The van der Waals surface area contributed by atoms with E-state index in [2.05, 4.69) is 148 Å². The molecule has 0 radical (unpaired) electrons. The van der Waals surface area contributed by atoms with Gasteiger partial charge in [-0.2, -0.15) is 0 Å². The molecule has 2 N–H and O–H groups in total. The third-order valence-electron chi connectivity index (χ3n) is 7.54. The number of aryl methyl sites for hydroxylation is 1. The molecule has 0 unspecified atom stereocenters. The molecule has 0 saturated heterocycles. The Morgan fingerprint density at radius 3 is 1.36 bits per heavy atom. The fraction of sp³-hybridized carbons (Fsp3) is 0.146. The monoisotopic (exact) mass is 760 g/mol. The van der Waals surface area contributed by atoms with E-state index >= 15 is 0 Å². The van der Waals surface area contributed by atoms with Crippen molar-refractivity contribution in [1.82, 2.24) is 4.98 Å². The predicted octanol–water partition coefficient (Wildman–Crippen LogP) is 9.04. The maximum Gasteiger partial charge on any atom is -0.0195 e. The van der Waals surface area contributed by atoms with Crippen LogP contribution in [0.3, 0.4) is 0 Å². The van der Waals surface area contributed by atoms with Crippen molar-refractivity contribution in [3.8, 4) is 11.3 Å². The average molecular weight is 760 g/mol. The second-order valence-electron chi connectivity index (χ2n) is 10.9. The second-order valence-corrected chi connectivity index (χ2v) is 15.5. The molecule has 0 bridgehead atoms. The molecule has 240 valence electrons. The zero-order valence-electron chi connectivity index (χ0n) is 26.7. The molecular weight excluding hydrogens is 719 g/mol. The Labute approximate surface area is 298 Å². The van der Waals surface area contributed by atoms with Gasteiger partial charge in [-0.15, -0.1) is 35.4 Å². The number of aromatic nitrogens is 1. The van der Waals surface area contributed by atoms with Crippen molar-refractivity contribution in [2.75, 3.05) is 12.3 Å². The Morgan fingerprint density at radius 1 is 0.574 bits per heavy atom. The van der Waals surface area contributed by atoms with Gasteiger partial charge in [-0.1, -0.05) is 140 Å². The maximum absolute atomic E-state index is 5.55. The molecule has 5 aromatic carbocycles. The average Bonchev–Trinajstić information content (AvgIpc) is 3.16. The minimum Gasteiger partial charge on any atom is -0.0622 e. The van der Waals surface area contributed by atoms with Gasteiger partial charge in [0, 0.05) is 12.2 Å². The smallest absolute Gasteiger partial charge is 0.0195 e. The van der Waals surface area contributed by atoms with Crippen LogP contribution in [0.4, 0.5) is 0 Å². The standard InChI is InChI=1S/C28H28P2.C13H13N2.ClH.Ru/c1-5-15-25(16-6-1)29(26-17-7-2-8-18-26)23-13-14-24-30(27-19-9-3-10-20-27)28-21-11-4-12-22-28;1-10-5-7-11(8-6-10)13-4-2-3-12(9-14)15-13;;/h1-12,15-22H,13-14,23-24H2;2-7H,9,14H2,1H3;1H;/q;-1;;+2/p-1. The fourth-order valence-corrected chi connectivity index (χ4v) is 10.0. The number of benzene rings is 5. The van der Waals surface area contributed by atoms with Crippen molar-refractivity contribution in [2.24, 2.45) is 5.73 Å². The van der Waals surface area contributed by atoms with Crippen molar-refractivity contribution in [3.05, 3.63) is 175 Å². The molecule has 0 amide bonds. The quantitative estimate of drug-likeness (QED) is 0.0620. The number of unbranched alkanes of at least 4 members (excludes halogenated alkanes) is 1. The van der Waals surface area contributed by atoms with Gasteiger partial charge in [-0.25, -0.2) is 0 Å². The summed E-state index contributed by atoms with van der Waals surface area (Å²) in [7, 11) is 4.00. The van der Waals surface area contributed by atoms with Crippen LogP contribution < -0.4 is 27.0 Å². The minimum atomic E-state index is -0.283. The van der Waals surface area contributed by atoms with Crippen LogP contribution in [0.1, 0.15) is 24.1 Å². The van der Waals surface area contributed by atoms with Crippen molar-refractivity contribution < 1.29 is 17.3 Å². The third kappa shape index (κ3) is 11.9. The SMILES string of the molecule is Cc1c[c-]c(-c2cccc(CN)n2)cc1.[Cl][Ru+].c1ccc(P(CCCCP(c2ccccc2)c2ccccc2)c2ccccc2)cc1. The van der Waals surface area contributed by atoms with Crippen LogP contribution in [0.2, 0.25) is 0 Å². The predicted molar refractivity (Wildman–Crippen MR) is 204 cm³/mol. The molecule has 0 aliphatic heterocycles. The van der Waals surface area contributed by atoms with Crippen molar-refractivity contribution in [2.45, 2.75) is 26.3 Å². The van der Waals surface area contributed by atoms with Crippen LogP contribution in [-0.4, -0.2) is 17.3 Å². The van der Waals surface area contributed by atoms with Crippen molar-refractivity contribution in [3.63, 3.8) is 0 Å². The van der Waals surface area contributed by atoms with E-state index in [1.54, 1.807) is 0 Å². The number of hydrogen-bond acceptors (Lipinski definition) is 2. The van der Waals surface area contributed by atoms with Gasteiger partial charge in [0.15, 0.2) is 0 Å². The van der Waals surface area contributed by atoms with Crippen LogP contribution in [0.25, 0.3) is 11.3 Å². The summed E-state index contributed by atoms with van der Waals surface area (Å²) in [5.41, 5.74) is 9.59. The number of nitrogens with zero attached hydrogens (tertiary/aromatic N) is 1. The Kier molecular flexibility index (Phi) is 16.5. The van der Waals surface area contributed by atoms with E-state index in [0.29, 0.717) is 6.54 Å². The topological polar surface area (TPSA) is 38.9 Å². The Balaban J connectivity index is 0.000000246.